The smallest absolute Gasteiger partial charge is 0.220 e. The van der Waals surface area contributed by atoms with E-state index in [-0.39, 0.29) is 12.5 Å². The molecule has 9 heteroatoms. The molecule has 0 aromatic heterocycles. The lowest BCUT2D eigenvalue weighted by atomic mass is 9.99. The number of hydrogen-bond donors (Lipinski definition) is 6. The topological polar surface area (TPSA) is 149 Å². The van der Waals surface area contributed by atoms with Gasteiger partial charge in [-0.2, -0.15) is 0 Å². The zero-order chi connectivity index (χ0) is 60.0. The molecule has 0 bridgehead atoms. The monoisotopic (exact) mass is 1170 g/mol. The Morgan fingerprint density at radius 1 is 0.398 bits per heavy atom. The molecule has 492 valence electrons. The van der Waals surface area contributed by atoms with Crippen LogP contribution in [0.2, 0.25) is 0 Å². The fourth-order valence-electron chi connectivity index (χ4n) is 12.2. The summed E-state index contributed by atoms with van der Waals surface area (Å²) in [5, 5.41) is 54.8. The zero-order valence-electron chi connectivity index (χ0n) is 55.2. The average molecular weight is 1170 g/mol. The molecule has 1 amide bonds. The molecular weight excluding hydrogens is 1030 g/mol. The van der Waals surface area contributed by atoms with Crippen LogP contribution >= 0.6 is 0 Å². The van der Waals surface area contributed by atoms with Gasteiger partial charge in [0, 0.05) is 6.42 Å². The number of ether oxygens (including phenoxy) is 2. The van der Waals surface area contributed by atoms with Crippen LogP contribution in [0.15, 0.2) is 24.3 Å². The van der Waals surface area contributed by atoms with Crippen molar-refractivity contribution in [3.63, 3.8) is 0 Å². The van der Waals surface area contributed by atoms with Crippen LogP contribution in [0.1, 0.15) is 386 Å². The molecule has 0 aromatic carbocycles. The molecule has 7 atom stereocenters. The van der Waals surface area contributed by atoms with Crippen molar-refractivity contribution < 1.29 is 39.8 Å². The molecule has 0 aromatic rings. The first-order chi connectivity index (χ1) is 40.8. The van der Waals surface area contributed by atoms with Gasteiger partial charge in [0.25, 0.3) is 0 Å². The van der Waals surface area contributed by atoms with Gasteiger partial charge in [-0.3, -0.25) is 4.79 Å². The van der Waals surface area contributed by atoms with Gasteiger partial charge in [-0.05, 0) is 44.9 Å². The number of aliphatic hydroxyl groups is 5. The molecule has 83 heavy (non-hydrogen) atoms. The van der Waals surface area contributed by atoms with Gasteiger partial charge in [-0.1, -0.05) is 359 Å². The fourth-order valence-corrected chi connectivity index (χ4v) is 12.2. The quantitative estimate of drug-likeness (QED) is 0.0261. The van der Waals surface area contributed by atoms with Crippen LogP contribution in [0.25, 0.3) is 0 Å². The summed E-state index contributed by atoms with van der Waals surface area (Å²) < 4.78 is 11.3. The first kappa shape index (κ1) is 79.7. The van der Waals surface area contributed by atoms with Crippen molar-refractivity contribution in [3.8, 4) is 0 Å². The highest BCUT2D eigenvalue weighted by molar-refractivity contribution is 5.76. The van der Waals surface area contributed by atoms with Crippen LogP contribution in [-0.4, -0.2) is 87.5 Å². The number of aliphatic hydroxyl groups excluding tert-OH is 5. The number of nitrogens with one attached hydrogen (secondary N) is 1. The number of unbranched alkanes of at least 4 members (excludes halogenated alkanes) is 54. The predicted molar refractivity (Wildman–Crippen MR) is 355 cm³/mol. The number of amides is 1. The van der Waals surface area contributed by atoms with Gasteiger partial charge < -0.3 is 40.3 Å². The molecule has 1 aliphatic rings. The van der Waals surface area contributed by atoms with Gasteiger partial charge in [-0.25, -0.2) is 0 Å². The van der Waals surface area contributed by atoms with Gasteiger partial charge in [-0.15, -0.1) is 0 Å². The Bertz CT molecular complexity index is 1360. The largest absolute Gasteiger partial charge is 0.394 e. The Labute approximate surface area is 515 Å². The van der Waals surface area contributed by atoms with E-state index in [0.717, 1.165) is 38.5 Å². The molecule has 1 rings (SSSR count). The van der Waals surface area contributed by atoms with Crippen LogP contribution in [0.3, 0.4) is 0 Å². The third kappa shape index (κ3) is 52.3. The molecule has 0 radical (unpaired) electrons. The SMILES string of the molecule is CCCCCCCCCC/C=C\CCCCCCCCCCCCCCCCCCCCCC(=O)NC(COC1OC(CO)C(O)C(O)C1O)C(O)/C=C/CCCCCCCCCCCCCCCCCCCCCCCCCCCCC. The summed E-state index contributed by atoms with van der Waals surface area (Å²) in [6.45, 7) is 3.84. The standard InChI is InChI=1S/C74H143NO8/c1-3-5-7-9-11-13-15-17-19-21-23-25-27-29-31-33-34-36-38-40-42-44-46-48-50-52-54-56-58-60-62-64-70(78)75-67(66-82-74-73(81)72(80)71(79)69(65-76)83-74)68(77)63-61-59-57-55-53-51-49-47-45-43-41-39-37-35-32-30-28-26-24-22-20-18-16-14-12-10-8-6-4-2/h21,23,61,63,67-69,71-74,76-77,79-81H,3-20,22,24-60,62,64-66H2,1-2H3,(H,75,78)/b23-21-,63-61+. The van der Waals surface area contributed by atoms with Crippen molar-refractivity contribution in [2.24, 2.45) is 0 Å². The zero-order valence-corrected chi connectivity index (χ0v) is 55.2. The molecule has 7 unspecified atom stereocenters. The van der Waals surface area contributed by atoms with E-state index in [1.807, 2.05) is 6.08 Å². The lowest BCUT2D eigenvalue weighted by Gasteiger charge is -2.40. The normalized spacial score (nSPS) is 18.3. The molecule has 1 aliphatic heterocycles. The van der Waals surface area contributed by atoms with Gasteiger partial charge in [0.05, 0.1) is 25.4 Å². The molecule has 1 heterocycles. The van der Waals surface area contributed by atoms with E-state index < -0.39 is 49.5 Å². The maximum Gasteiger partial charge on any atom is 0.220 e. The first-order valence-electron chi connectivity index (χ1n) is 37.1. The van der Waals surface area contributed by atoms with Crippen molar-refractivity contribution in [3.05, 3.63) is 24.3 Å². The molecule has 1 fully saturated rings. The summed E-state index contributed by atoms with van der Waals surface area (Å²) in [7, 11) is 0. The lowest BCUT2D eigenvalue weighted by molar-refractivity contribution is -0.302. The van der Waals surface area contributed by atoms with Crippen molar-refractivity contribution in [2.75, 3.05) is 13.2 Å². The van der Waals surface area contributed by atoms with Gasteiger partial charge >= 0.3 is 0 Å². The van der Waals surface area contributed by atoms with Crippen molar-refractivity contribution >= 4 is 5.91 Å². The number of hydrogen-bond acceptors (Lipinski definition) is 8. The molecule has 1 saturated heterocycles. The second kappa shape index (κ2) is 63.7. The third-order valence-corrected chi connectivity index (χ3v) is 18.0. The van der Waals surface area contributed by atoms with Crippen LogP contribution in [0, 0.1) is 0 Å². The average Bonchev–Trinajstić information content (AvgIpc) is 3.61. The van der Waals surface area contributed by atoms with E-state index in [1.54, 1.807) is 6.08 Å². The van der Waals surface area contributed by atoms with E-state index in [9.17, 15) is 30.3 Å². The fraction of sp³-hybridized carbons (Fsp3) is 0.932. The summed E-state index contributed by atoms with van der Waals surface area (Å²) in [6, 6.07) is -0.804. The van der Waals surface area contributed by atoms with E-state index in [0.29, 0.717) is 6.42 Å². The summed E-state index contributed by atoms with van der Waals surface area (Å²) in [5.41, 5.74) is 0. The van der Waals surface area contributed by atoms with Crippen molar-refractivity contribution in [1.29, 1.82) is 0 Å². The predicted octanol–water partition coefficient (Wildman–Crippen LogP) is 20.4. The Balaban J connectivity index is 2.10. The molecule has 0 aliphatic carbocycles. The van der Waals surface area contributed by atoms with Crippen molar-refractivity contribution in [1.82, 2.24) is 5.32 Å². The Kier molecular flexibility index (Phi) is 61.1. The Hall–Kier alpha value is -1.33. The second-order valence-corrected chi connectivity index (χ2v) is 26.1. The van der Waals surface area contributed by atoms with E-state index in [4.69, 9.17) is 9.47 Å². The maximum absolute atomic E-state index is 13.1. The van der Waals surface area contributed by atoms with E-state index in [1.165, 1.54) is 327 Å². The molecule has 6 N–H and O–H groups in total. The second-order valence-electron chi connectivity index (χ2n) is 26.1. The minimum atomic E-state index is -1.57. The molecular formula is C74H143NO8. The van der Waals surface area contributed by atoms with E-state index >= 15 is 0 Å². The van der Waals surface area contributed by atoms with Crippen LogP contribution in [-0.2, 0) is 14.3 Å². The molecule has 0 spiro atoms. The maximum atomic E-state index is 13.1. The molecule has 0 saturated carbocycles. The van der Waals surface area contributed by atoms with Crippen LogP contribution in [0.4, 0.5) is 0 Å². The number of carbonyl (C=O) groups is 1. The minimum Gasteiger partial charge on any atom is -0.394 e. The minimum absolute atomic E-state index is 0.168. The van der Waals surface area contributed by atoms with Gasteiger partial charge in [0.1, 0.15) is 24.4 Å². The van der Waals surface area contributed by atoms with Gasteiger partial charge in [0.2, 0.25) is 5.91 Å². The lowest BCUT2D eigenvalue weighted by Crippen LogP contribution is -2.60. The third-order valence-electron chi connectivity index (χ3n) is 18.0. The summed E-state index contributed by atoms with van der Waals surface area (Å²) in [6.07, 6.45) is 77.3. The summed E-state index contributed by atoms with van der Waals surface area (Å²) >= 11 is 0. The van der Waals surface area contributed by atoms with Crippen LogP contribution < -0.4 is 5.32 Å². The highest BCUT2D eigenvalue weighted by Crippen LogP contribution is 2.24. The number of allylic oxidation sites excluding steroid dienone is 3. The first-order valence-corrected chi connectivity index (χ1v) is 37.1. The summed E-state index contributed by atoms with van der Waals surface area (Å²) in [4.78, 5) is 13.1. The Morgan fingerprint density at radius 2 is 0.675 bits per heavy atom. The molecule has 9 nitrogen and oxygen atoms in total. The highest BCUT2D eigenvalue weighted by Gasteiger charge is 2.44. The van der Waals surface area contributed by atoms with Crippen molar-refractivity contribution in [2.45, 2.75) is 429 Å². The highest BCUT2D eigenvalue weighted by atomic mass is 16.7. The Morgan fingerprint density at radius 3 is 0.976 bits per heavy atom. The van der Waals surface area contributed by atoms with Crippen LogP contribution in [0.5, 0.6) is 0 Å². The number of carbonyl (C=O) groups excluding carboxylic acids is 1. The number of rotatable bonds is 66. The van der Waals surface area contributed by atoms with E-state index in [2.05, 4.69) is 31.3 Å². The van der Waals surface area contributed by atoms with Gasteiger partial charge in [0.15, 0.2) is 6.29 Å². The summed E-state index contributed by atoms with van der Waals surface area (Å²) in [5.74, 6) is -0.168.